The van der Waals surface area contributed by atoms with Crippen LogP contribution in [0.25, 0.3) is 21.5 Å². The van der Waals surface area contributed by atoms with Crippen molar-refractivity contribution in [1.29, 1.82) is 10.5 Å². The smallest absolute Gasteiger partial charge is 0.410 e. The van der Waals surface area contributed by atoms with Crippen molar-refractivity contribution in [1.82, 2.24) is 34.6 Å². The van der Waals surface area contributed by atoms with Crippen LogP contribution in [0.3, 0.4) is 0 Å². The molecule has 83 heavy (non-hydrogen) atoms. The van der Waals surface area contributed by atoms with Gasteiger partial charge in [-0.15, -0.1) is 0 Å². The van der Waals surface area contributed by atoms with Crippen LogP contribution in [0.5, 0.6) is 12.0 Å². The first kappa shape index (κ1) is 60.8. The molecular formula is C64H83N13O4S2. The second-order valence-corrected chi connectivity index (χ2v) is 24.0. The van der Waals surface area contributed by atoms with E-state index in [9.17, 15) is 15.3 Å². The fraction of sp³-hybridized carbons (Fsp3) is 0.516. The first-order valence-electron chi connectivity index (χ1n) is 29.5. The number of fused-ring (bicyclic) bond motifs is 4. The Morgan fingerprint density at radius 2 is 1.06 bits per heavy atom. The minimum Gasteiger partial charge on any atom is -0.462 e. The molecule has 8 heterocycles. The number of hydrogen-bond acceptors (Lipinski definition) is 16. The van der Waals surface area contributed by atoms with Crippen LogP contribution in [0.2, 0.25) is 0 Å². The van der Waals surface area contributed by atoms with Gasteiger partial charge >= 0.3 is 18.1 Å². The Labute approximate surface area is 504 Å². The number of anilines is 4. The highest BCUT2D eigenvalue weighted by Crippen LogP contribution is 2.38. The first-order chi connectivity index (χ1) is 39.4. The maximum absolute atomic E-state index is 13.1. The van der Waals surface area contributed by atoms with Gasteiger partial charge in [0.2, 0.25) is 0 Å². The van der Waals surface area contributed by atoms with Crippen LogP contribution in [0, 0.1) is 28.6 Å². The highest BCUT2D eigenvalue weighted by Gasteiger charge is 2.37. The van der Waals surface area contributed by atoms with Crippen LogP contribution in [0.1, 0.15) is 94.7 Å². The summed E-state index contributed by atoms with van der Waals surface area (Å²) in [4.78, 5) is 48.9. The van der Waals surface area contributed by atoms with Gasteiger partial charge in [-0.2, -0.15) is 57.5 Å². The zero-order valence-electron chi connectivity index (χ0n) is 49.1. The minimum absolute atomic E-state index is 0. The van der Waals surface area contributed by atoms with Crippen molar-refractivity contribution < 1.29 is 19.0 Å². The minimum atomic E-state index is -0.604. The van der Waals surface area contributed by atoms with Gasteiger partial charge in [-0.3, -0.25) is 0 Å². The fourth-order valence-corrected chi connectivity index (χ4v) is 13.0. The largest absolute Gasteiger partial charge is 0.462 e. The zero-order valence-corrected chi connectivity index (χ0v) is 51.1. The summed E-state index contributed by atoms with van der Waals surface area (Å²) in [5.41, 5.74) is 6.26. The van der Waals surface area contributed by atoms with E-state index in [1.807, 2.05) is 20.8 Å². The third-order valence-corrected chi connectivity index (χ3v) is 17.3. The van der Waals surface area contributed by atoms with Gasteiger partial charge in [0.25, 0.3) is 0 Å². The molecule has 12 rings (SSSR count). The molecule has 6 aromatic rings. The number of ether oxygens (including phenoxy) is 3. The lowest BCUT2D eigenvalue weighted by atomic mass is 9.94. The lowest BCUT2D eigenvalue weighted by molar-refractivity contribution is 0.0144. The fourth-order valence-electron chi connectivity index (χ4n) is 13.0. The van der Waals surface area contributed by atoms with Crippen LogP contribution in [0.15, 0.2) is 84.9 Å². The summed E-state index contributed by atoms with van der Waals surface area (Å²) in [6.45, 7) is 15.5. The molecule has 19 heteroatoms. The molecule has 0 saturated carbocycles. The number of nitrogens with zero attached hydrogens (tertiary/aromatic N) is 13. The SMILES string of the molecule is CN1CCC[C@H]1COc1nc2c(c(N3CCCC(CC#N)C3)n1)CCN(c1cccc3ccccc13)C2.CN1CCC[C@H]1COc1nc2c(c(N3CCN(C(=O)OC(C)(C)C)C(CC#N)C3)n1)CCN(c1cccc3ccccc13)C2.S.S. The third-order valence-electron chi connectivity index (χ3n) is 17.3. The summed E-state index contributed by atoms with van der Waals surface area (Å²) in [5, 5.41) is 23.9. The molecule has 1 amide bonds. The normalized spacial score (nSPS) is 20.9. The molecule has 0 spiro atoms. The summed E-state index contributed by atoms with van der Waals surface area (Å²) in [6, 6.07) is 36.1. The Hall–Kier alpha value is -6.77. The van der Waals surface area contributed by atoms with Crippen molar-refractivity contribution in [2.75, 3.05) is 106 Å². The number of likely N-dealkylation sites (N-methyl/N-ethyl adjacent to an activating group) is 2. The van der Waals surface area contributed by atoms with E-state index in [-0.39, 0.29) is 45.5 Å². The molecule has 4 fully saturated rings. The van der Waals surface area contributed by atoms with E-state index in [4.69, 9.17) is 34.1 Å². The standard InChI is InChI=1S/C34H43N7O3.C30H36N6O.2H2S/c1-34(2,3)44-33(42)41-20-19-40(21-25(41)14-16-35)31-28-15-18-39(30-13-7-10-24-9-5-6-12-27(24)30)22-29(28)36-32(37-31)43-23-26-11-8-17-38(26)4;1-34-16-6-10-24(34)21-37-30-32-27-20-35(28-12-4-9-23-8-2-3-11-25(23)28)18-14-26(27)29(33-30)36-17-5-7-22(19-36)13-15-31;;/h5-7,9-10,12-13,25-26H,8,11,14-15,17-23H2,1-4H3;2-4,8-9,11-12,22,24H,5-7,10,13-14,16-21H2,1H3;2*1H2/t25?,26-;22?,24-;;/m00../s1. The molecule has 6 aliphatic rings. The molecule has 4 aromatic carbocycles. The molecule has 17 nitrogen and oxygen atoms in total. The van der Waals surface area contributed by atoms with Crippen LogP contribution in [-0.4, -0.2) is 151 Å². The van der Waals surface area contributed by atoms with Gasteiger partial charge in [0.15, 0.2) is 0 Å². The number of piperazine rings is 1. The number of carbonyl (C=O) groups excluding carboxylic acids is 1. The Morgan fingerprint density at radius 1 is 0.566 bits per heavy atom. The van der Waals surface area contributed by atoms with Gasteiger partial charge < -0.3 is 48.5 Å². The first-order valence-corrected chi connectivity index (χ1v) is 29.5. The lowest BCUT2D eigenvalue weighted by Gasteiger charge is -2.42. The highest BCUT2D eigenvalue weighted by molar-refractivity contribution is 7.59. The van der Waals surface area contributed by atoms with Gasteiger partial charge in [-0.1, -0.05) is 72.8 Å². The molecule has 4 saturated heterocycles. The lowest BCUT2D eigenvalue weighted by Crippen LogP contribution is -2.56. The number of rotatable bonds is 12. The summed E-state index contributed by atoms with van der Waals surface area (Å²) < 4.78 is 18.3. The number of hydrogen-bond donors (Lipinski definition) is 0. The second-order valence-electron chi connectivity index (χ2n) is 24.0. The summed E-state index contributed by atoms with van der Waals surface area (Å²) in [5.74, 6) is 2.28. The molecular weight excluding hydrogens is 1080 g/mol. The van der Waals surface area contributed by atoms with E-state index in [0.29, 0.717) is 75.8 Å². The molecule has 2 unspecified atom stereocenters. The molecule has 0 radical (unpaired) electrons. The van der Waals surface area contributed by atoms with E-state index < -0.39 is 5.60 Å². The third kappa shape index (κ3) is 14.1. The van der Waals surface area contributed by atoms with Gasteiger partial charge in [0, 0.05) is 97.6 Å². The van der Waals surface area contributed by atoms with Gasteiger partial charge in [0.05, 0.1) is 49.1 Å². The average Bonchev–Trinajstić information content (AvgIpc) is 4.30. The zero-order chi connectivity index (χ0) is 56.0. The van der Waals surface area contributed by atoms with Crippen molar-refractivity contribution in [2.24, 2.45) is 5.92 Å². The summed E-state index contributed by atoms with van der Waals surface area (Å²) >= 11 is 0. The van der Waals surface area contributed by atoms with E-state index in [0.717, 1.165) is 113 Å². The molecule has 440 valence electrons. The molecule has 0 N–H and O–H groups in total. The number of aromatic nitrogens is 4. The summed E-state index contributed by atoms with van der Waals surface area (Å²) in [6.07, 6.45) is 8.99. The van der Waals surface area contributed by atoms with Crippen LogP contribution >= 0.6 is 27.0 Å². The number of benzene rings is 4. The van der Waals surface area contributed by atoms with E-state index in [1.165, 1.54) is 51.3 Å². The molecule has 0 aliphatic carbocycles. The van der Waals surface area contributed by atoms with E-state index in [2.05, 4.69) is 141 Å². The van der Waals surface area contributed by atoms with E-state index >= 15 is 0 Å². The quantitative estimate of drug-likeness (QED) is 0.113. The Bertz CT molecular complexity index is 3280. The maximum Gasteiger partial charge on any atom is 0.410 e. The number of nitriles is 2. The van der Waals surface area contributed by atoms with Crippen molar-refractivity contribution in [3.63, 3.8) is 0 Å². The number of carbonyl (C=O) groups is 1. The monoisotopic (exact) mass is 1160 g/mol. The maximum atomic E-state index is 13.1. The molecule has 0 bridgehead atoms. The van der Waals surface area contributed by atoms with Crippen LogP contribution < -0.4 is 29.1 Å². The van der Waals surface area contributed by atoms with Crippen molar-refractivity contribution in [3.05, 3.63) is 107 Å². The van der Waals surface area contributed by atoms with Crippen molar-refractivity contribution in [3.8, 4) is 24.2 Å². The number of piperidine rings is 1. The predicted octanol–water partition coefficient (Wildman–Crippen LogP) is 10.0. The molecule has 6 aliphatic heterocycles. The average molecular weight is 1160 g/mol. The van der Waals surface area contributed by atoms with E-state index in [1.54, 1.807) is 4.90 Å². The Morgan fingerprint density at radius 3 is 1.55 bits per heavy atom. The molecule has 4 atom stereocenters. The number of amides is 1. The number of likely N-dealkylation sites (tertiary alicyclic amines) is 2. The Kier molecular flexibility index (Phi) is 20.0. The molecule has 2 aromatic heterocycles. The van der Waals surface area contributed by atoms with Gasteiger partial charge in [-0.25, -0.2) is 4.79 Å². The van der Waals surface area contributed by atoms with Crippen LogP contribution in [-0.2, 0) is 30.7 Å². The second kappa shape index (κ2) is 27.3. The van der Waals surface area contributed by atoms with Gasteiger partial charge in [-0.05, 0) is 128 Å². The topological polar surface area (TPSA) is 167 Å². The Balaban J connectivity index is 0.000000197. The highest BCUT2D eigenvalue weighted by atomic mass is 32.1. The van der Waals surface area contributed by atoms with Crippen LogP contribution in [0.4, 0.5) is 27.8 Å². The van der Waals surface area contributed by atoms with Crippen molar-refractivity contribution >= 4 is 77.6 Å². The predicted molar refractivity (Wildman–Crippen MR) is 339 cm³/mol. The van der Waals surface area contributed by atoms with Gasteiger partial charge in [0.1, 0.15) is 30.5 Å². The summed E-state index contributed by atoms with van der Waals surface area (Å²) in [7, 11) is 4.31. The van der Waals surface area contributed by atoms with Crippen molar-refractivity contribution in [2.45, 2.75) is 122 Å².